The number of benzene rings is 1. The number of aromatic nitrogens is 1. The largest absolute Gasteiger partial charge is 0.377 e. The maximum absolute atomic E-state index is 12.1. The van der Waals surface area contributed by atoms with Crippen LogP contribution in [0.5, 0.6) is 0 Å². The second-order valence-electron chi connectivity index (χ2n) is 5.46. The van der Waals surface area contributed by atoms with E-state index in [2.05, 4.69) is 5.32 Å². The van der Waals surface area contributed by atoms with Gasteiger partial charge in [0.2, 0.25) is 6.54 Å². The number of carbonyl (C=O) groups is 1. The van der Waals surface area contributed by atoms with Crippen molar-refractivity contribution in [3.63, 3.8) is 0 Å². The molecule has 4 nitrogen and oxygen atoms in total. The van der Waals surface area contributed by atoms with Gasteiger partial charge in [0.25, 0.3) is 5.91 Å². The third kappa shape index (κ3) is 4.46. The van der Waals surface area contributed by atoms with Gasteiger partial charge >= 0.3 is 0 Å². The highest BCUT2D eigenvalue weighted by Gasteiger charge is 2.13. The number of carbonyl (C=O) groups excluding carboxylic acids is 1. The lowest BCUT2D eigenvalue weighted by Gasteiger charge is -2.13. The van der Waals surface area contributed by atoms with Gasteiger partial charge < -0.3 is 10.2 Å². The summed E-state index contributed by atoms with van der Waals surface area (Å²) in [5.41, 5.74) is 2.14. The van der Waals surface area contributed by atoms with Crippen LogP contribution in [0.3, 0.4) is 0 Å². The van der Waals surface area contributed by atoms with Crippen LogP contribution in [-0.4, -0.2) is 20.0 Å². The van der Waals surface area contributed by atoms with Crippen molar-refractivity contribution in [1.29, 1.82) is 0 Å². The van der Waals surface area contributed by atoms with E-state index in [1.54, 1.807) is 0 Å². The molecule has 0 saturated heterocycles. The molecule has 2 rings (SSSR count). The molecule has 0 fully saturated rings. The van der Waals surface area contributed by atoms with Crippen LogP contribution in [0, 0.1) is 0 Å². The molecule has 1 heterocycles. The molecule has 0 aliphatic rings. The SMILES string of the molecule is C[C@H](NC(=O)C[n+]1ccc(N(C)C)cc1)c1ccc(Cl)cc1. The number of rotatable bonds is 5. The van der Waals surface area contributed by atoms with Gasteiger partial charge in [-0.15, -0.1) is 0 Å². The monoisotopic (exact) mass is 318 g/mol. The minimum Gasteiger partial charge on any atom is -0.377 e. The summed E-state index contributed by atoms with van der Waals surface area (Å²) in [5, 5.41) is 3.68. The average molecular weight is 319 g/mol. The Morgan fingerprint density at radius 3 is 2.32 bits per heavy atom. The van der Waals surface area contributed by atoms with Crippen molar-refractivity contribution in [1.82, 2.24) is 5.32 Å². The summed E-state index contributed by atoms with van der Waals surface area (Å²) >= 11 is 5.87. The summed E-state index contributed by atoms with van der Waals surface area (Å²) < 4.78 is 1.86. The second kappa shape index (κ2) is 7.27. The molecule has 1 amide bonds. The van der Waals surface area contributed by atoms with E-state index in [0.29, 0.717) is 11.6 Å². The zero-order valence-electron chi connectivity index (χ0n) is 13.1. The molecule has 0 radical (unpaired) electrons. The highest BCUT2D eigenvalue weighted by atomic mass is 35.5. The molecule has 0 bridgehead atoms. The highest BCUT2D eigenvalue weighted by Crippen LogP contribution is 2.15. The molecule has 0 aliphatic carbocycles. The highest BCUT2D eigenvalue weighted by molar-refractivity contribution is 6.30. The number of anilines is 1. The van der Waals surface area contributed by atoms with Gasteiger partial charge in [0, 0.05) is 36.9 Å². The molecular weight excluding hydrogens is 298 g/mol. The Kier molecular flexibility index (Phi) is 5.39. The first-order chi connectivity index (χ1) is 10.5. The van der Waals surface area contributed by atoms with Crippen molar-refractivity contribution >= 4 is 23.2 Å². The van der Waals surface area contributed by atoms with Crippen LogP contribution in [0.25, 0.3) is 0 Å². The van der Waals surface area contributed by atoms with Crippen molar-refractivity contribution < 1.29 is 9.36 Å². The van der Waals surface area contributed by atoms with Crippen LogP contribution < -0.4 is 14.8 Å². The van der Waals surface area contributed by atoms with Crippen LogP contribution in [-0.2, 0) is 11.3 Å². The molecule has 1 aromatic heterocycles. The Bertz CT molecular complexity index is 623. The number of amides is 1. The first-order valence-electron chi connectivity index (χ1n) is 7.17. The molecule has 0 saturated carbocycles. The van der Waals surface area contributed by atoms with Gasteiger partial charge in [0.1, 0.15) is 0 Å². The Hall–Kier alpha value is -2.07. The zero-order valence-corrected chi connectivity index (χ0v) is 13.8. The smallest absolute Gasteiger partial charge is 0.286 e. The number of nitrogens with zero attached hydrogens (tertiary/aromatic N) is 2. The van der Waals surface area contributed by atoms with Gasteiger partial charge in [-0.25, -0.2) is 0 Å². The Morgan fingerprint density at radius 2 is 1.77 bits per heavy atom. The lowest BCUT2D eigenvalue weighted by atomic mass is 10.1. The molecule has 0 unspecified atom stereocenters. The first kappa shape index (κ1) is 16.3. The minimum absolute atomic E-state index is 0.0231. The van der Waals surface area contributed by atoms with E-state index >= 15 is 0 Å². The Balaban J connectivity index is 1.93. The summed E-state index contributed by atoms with van der Waals surface area (Å²) in [5.74, 6) is -0.0231. The van der Waals surface area contributed by atoms with Gasteiger partial charge in [0.15, 0.2) is 12.4 Å². The molecule has 22 heavy (non-hydrogen) atoms. The fourth-order valence-electron chi connectivity index (χ4n) is 2.14. The molecular formula is C17H21ClN3O+. The van der Waals surface area contributed by atoms with Crippen molar-refractivity contribution in [3.8, 4) is 0 Å². The average Bonchev–Trinajstić information content (AvgIpc) is 2.48. The molecule has 1 atom stereocenters. The third-order valence-corrected chi connectivity index (χ3v) is 3.72. The van der Waals surface area contributed by atoms with Crippen LogP contribution in [0.1, 0.15) is 18.5 Å². The van der Waals surface area contributed by atoms with Crippen LogP contribution in [0.4, 0.5) is 5.69 Å². The fourth-order valence-corrected chi connectivity index (χ4v) is 2.27. The molecule has 116 valence electrons. The second-order valence-corrected chi connectivity index (χ2v) is 5.90. The van der Waals surface area contributed by atoms with Crippen LogP contribution in [0.2, 0.25) is 5.02 Å². The van der Waals surface area contributed by atoms with Crippen LogP contribution >= 0.6 is 11.6 Å². The predicted octanol–water partition coefficient (Wildman–Crippen LogP) is 2.57. The normalized spacial score (nSPS) is 11.8. The van der Waals surface area contributed by atoms with Crippen molar-refractivity contribution in [2.24, 2.45) is 0 Å². The lowest BCUT2D eigenvalue weighted by molar-refractivity contribution is -0.684. The standard InChI is InChI=1S/C17H20ClN3O/c1-13(14-4-6-15(18)7-5-14)19-17(22)12-21-10-8-16(9-11-21)20(2)3/h4-11,13H,12H2,1-3H3/p+1/t13-/m0/s1. The first-order valence-corrected chi connectivity index (χ1v) is 7.55. The van der Waals surface area contributed by atoms with E-state index in [-0.39, 0.29) is 11.9 Å². The molecule has 1 N–H and O–H groups in total. The number of hydrogen-bond acceptors (Lipinski definition) is 2. The van der Waals surface area contributed by atoms with Gasteiger partial charge in [-0.05, 0) is 24.6 Å². The summed E-state index contributed by atoms with van der Waals surface area (Å²) in [6.07, 6.45) is 3.81. The molecule has 5 heteroatoms. The molecule has 0 aliphatic heterocycles. The minimum atomic E-state index is -0.0496. The number of halogens is 1. The molecule has 1 aromatic carbocycles. The van der Waals surface area contributed by atoms with E-state index < -0.39 is 0 Å². The summed E-state index contributed by atoms with van der Waals surface area (Å²) in [4.78, 5) is 14.1. The maximum Gasteiger partial charge on any atom is 0.286 e. The van der Waals surface area contributed by atoms with Crippen LogP contribution in [0.15, 0.2) is 48.8 Å². The molecule has 0 spiro atoms. The predicted molar refractivity (Wildman–Crippen MR) is 89.0 cm³/mol. The van der Waals surface area contributed by atoms with E-state index in [1.165, 1.54) is 0 Å². The number of nitrogens with one attached hydrogen (secondary N) is 1. The number of hydrogen-bond donors (Lipinski definition) is 1. The summed E-state index contributed by atoms with van der Waals surface area (Å²) in [6.45, 7) is 2.26. The van der Waals surface area contributed by atoms with E-state index in [9.17, 15) is 4.79 Å². The maximum atomic E-state index is 12.1. The van der Waals surface area contributed by atoms with Gasteiger partial charge in [-0.2, -0.15) is 4.57 Å². The number of pyridine rings is 1. The van der Waals surface area contributed by atoms with E-state index in [1.807, 2.05) is 79.3 Å². The third-order valence-electron chi connectivity index (χ3n) is 3.46. The van der Waals surface area contributed by atoms with Gasteiger partial charge in [-0.3, -0.25) is 4.79 Å². The quantitative estimate of drug-likeness (QED) is 0.860. The van der Waals surface area contributed by atoms with Crippen molar-refractivity contribution in [3.05, 3.63) is 59.4 Å². The zero-order chi connectivity index (χ0) is 16.1. The fraction of sp³-hybridized carbons (Fsp3) is 0.294. The Morgan fingerprint density at radius 1 is 1.18 bits per heavy atom. The lowest BCUT2D eigenvalue weighted by Crippen LogP contribution is -2.43. The Labute approximate surface area is 136 Å². The van der Waals surface area contributed by atoms with E-state index in [0.717, 1.165) is 11.3 Å². The van der Waals surface area contributed by atoms with Crippen molar-refractivity contribution in [2.45, 2.75) is 19.5 Å². The van der Waals surface area contributed by atoms with Gasteiger partial charge in [0.05, 0.1) is 6.04 Å². The molecule has 2 aromatic rings. The summed E-state index contributed by atoms with van der Waals surface area (Å²) in [6, 6.07) is 11.4. The van der Waals surface area contributed by atoms with E-state index in [4.69, 9.17) is 11.6 Å². The summed E-state index contributed by atoms with van der Waals surface area (Å²) in [7, 11) is 3.97. The topological polar surface area (TPSA) is 36.2 Å². The van der Waals surface area contributed by atoms with Gasteiger partial charge in [-0.1, -0.05) is 23.7 Å². The van der Waals surface area contributed by atoms with Crippen molar-refractivity contribution in [2.75, 3.05) is 19.0 Å².